The lowest BCUT2D eigenvalue weighted by molar-refractivity contribution is 0.0772. The first-order chi connectivity index (χ1) is 11.2. The molecule has 1 heterocycles. The van der Waals surface area contributed by atoms with E-state index >= 15 is 0 Å². The Morgan fingerprint density at radius 3 is 2.39 bits per heavy atom. The molecule has 5 nitrogen and oxygen atoms in total. The minimum Gasteiger partial charge on any atom is -0.352 e. The fraction of sp³-hybridized carbons (Fsp3) is 0.556. The molecule has 0 spiro atoms. The number of hydrogen-bond acceptors (Lipinski definition) is 3. The first-order valence-electron chi connectivity index (χ1n) is 8.54. The van der Waals surface area contributed by atoms with Crippen molar-refractivity contribution in [2.75, 3.05) is 32.7 Å². The zero-order valence-electron chi connectivity index (χ0n) is 14.1. The molecule has 23 heavy (non-hydrogen) atoms. The molecule has 0 radical (unpaired) electrons. The molecule has 1 aliphatic heterocycles. The number of hydrogen-bond donors (Lipinski definition) is 2. The van der Waals surface area contributed by atoms with Crippen LogP contribution in [0.1, 0.15) is 47.4 Å². The van der Waals surface area contributed by atoms with Gasteiger partial charge in [-0.25, -0.2) is 0 Å². The zero-order chi connectivity index (χ0) is 16.7. The minimum atomic E-state index is -0.0715. The Bertz CT molecular complexity index is 518. The second-order valence-electron chi connectivity index (χ2n) is 5.96. The summed E-state index contributed by atoms with van der Waals surface area (Å²) in [6, 6.07) is 6.92. The van der Waals surface area contributed by atoms with Gasteiger partial charge in [-0.05, 0) is 70.0 Å². The lowest BCUT2D eigenvalue weighted by atomic mass is 10.1. The minimum absolute atomic E-state index is 0.00990. The Morgan fingerprint density at radius 2 is 1.83 bits per heavy atom. The van der Waals surface area contributed by atoms with Crippen molar-refractivity contribution in [1.82, 2.24) is 15.5 Å². The molecule has 1 unspecified atom stereocenters. The van der Waals surface area contributed by atoms with Crippen LogP contribution >= 0.6 is 0 Å². The molecule has 0 saturated carbocycles. The Hall–Kier alpha value is -1.88. The quantitative estimate of drug-likeness (QED) is 0.807. The van der Waals surface area contributed by atoms with Gasteiger partial charge in [-0.15, -0.1) is 0 Å². The summed E-state index contributed by atoms with van der Waals surface area (Å²) in [4.78, 5) is 26.1. The molecule has 1 aromatic rings. The van der Waals surface area contributed by atoms with Gasteiger partial charge < -0.3 is 15.5 Å². The summed E-state index contributed by atoms with van der Waals surface area (Å²) in [6.45, 7) is 8.14. The highest BCUT2D eigenvalue weighted by atomic mass is 16.2. The molecule has 1 atom stereocenters. The van der Waals surface area contributed by atoms with E-state index in [-0.39, 0.29) is 11.8 Å². The average molecular weight is 317 g/mol. The molecule has 2 rings (SSSR count). The van der Waals surface area contributed by atoms with E-state index in [0.717, 1.165) is 19.5 Å². The van der Waals surface area contributed by atoms with Crippen LogP contribution in [0.15, 0.2) is 24.3 Å². The largest absolute Gasteiger partial charge is 0.352 e. The molecular weight excluding hydrogens is 290 g/mol. The third-order valence-corrected chi connectivity index (χ3v) is 4.45. The second kappa shape index (κ2) is 8.67. The normalized spacial score (nSPS) is 17.0. The van der Waals surface area contributed by atoms with E-state index in [1.165, 1.54) is 6.42 Å². The van der Waals surface area contributed by atoms with Crippen LogP contribution in [0.25, 0.3) is 0 Å². The number of rotatable bonds is 7. The van der Waals surface area contributed by atoms with Gasteiger partial charge in [0.05, 0.1) is 0 Å². The van der Waals surface area contributed by atoms with Crippen molar-refractivity contribution in [2.45, 2.75) is 26.7 Å². The van der Waals surface area contributed by atoms with Gasteiger partial charge >= 0.3 is 0 Å². The van der Waals surface area contributed by atoms with Gasteiger partial charge in [0.25, 0.3) is 11.8 Å². The van der Waals surface area contributed by atoms with E-state index in [2.05, 4.69) is 10.6 Å². The van der Waals surface area contributed by atoms with E-state index in [4.69, 9.17) is 0 Å². The average Bonchev–Trinajstić information content (AvgIpc) is 3.09. The summed E-state index contributed by atoms with van der Waals surface area (Å²) in [5.74, 6) is 0.609. The first kappa shape index (κ1) is 17.5. The van der Waals surface area contributed by atoms with E-state index in [1.807, 2.05) is 13.8 Å². The SMILES string of the molecule is CCN(CC)C(=O)c1ccc(C(=O)NCCC2CCNC2)cc1. The maximum Gasteiger partial charge on any atom is 0.253 e. The number of nitrogens with one attached hydrogen (secondary N) is 2. The highest BCUT2D eigenvalue weighted by molar-refractivity contribution is 5.97. The van der Waals surface area contributed by atoms with Gasteiger partial charge in [-0.1, -0.05) is 0 Å². The third kappa shape index (κ3) is 4.79. The Morgan fingerprint density at radius 1 is 1.17 bits per heavy atom. The standard InChI is InChI=1S/C18H27N3O2/c1-3-21(4-2)18(23)16-7-5-15(6-8-16)17(22)20-12-10-14-9-11-19-13-14/h5-8,14,19H,3-4,9-13H2,1-2H3,(H,20,22). The van der Waals surface area contributed by atoms with Crippen LogP contribution in [-0.4, -0.2) is 49.4 Å². The van der Waals surface area contributed by atoms with Crippen LogP contribution in [-0.2, 0) is 0 Å². The second-order valence-corrected chi connectivity index (χ2v) is 5.96. The summed E-state index contributed by atoms with van der Waals surface area (Å²) in [6.07, 6.45) is 2.20. The molecule has 2 N–H and O–H groups in total. The van der Waals surface area contributed by atoms with Crippen molar-refractivity contribution in [1.29, 1.82) is 0 Å². The highest BCUT2D eigenvalue weighted by Gasteiger charge is 2.15. The van der Waals surface area contributed by atoms with E-state index in [9.17, 15) is 9.59 Å². The Labute approximate surface area is 138 Å². The maximum absolute atomic E-state index is 12.2. The molecule has 1 aromatic carbocycles. The molecule has 1 saturated heterocycles. The zero-order valence-corrected chi connectivity index (χ0v) is 14.1. The van der Waals surface area contributed by atoms with Crippen LogP contribution in [0.4, 0.5) is 0 Å². The predicted octanol–water partition coefficient (Wildman–Crippen LogP) is 1.90. The van der Waals surface area contributed by atoms with Gasteiger partial charge in [0.15, 0.2) is 0 Å². The van der Waals surface area contributed by atoms with Crippen LogP contribution < -0.4 is 10.6 Å². The lowest BCUT2D eigenvalue weighted by Gasteiger charge is -2.18. The third-order valence-electron chi connectivity index (χ3n) is 4.45. The van der Waals surface area contributed by atoms with Crippen molar-refractivity contribution >= 4 is 11.8 Å². The van der Waals surface area contributed by atoms with Gasteiger partial charge in [-0.3, -0.25) is 9.59 Å². The van der Waals surface area contributed by atoms with Crippen LogP contribution in [0, 0.1) is 5.92 Å². The van der Waals surface area contributed by atoms with Crippen LogP contribution in [0.5, 0.6) is 0 Å². The Balaban J connectivity index is 1.85. The van der Waals surface area contributed by atoms with E-state index < -0.39 is 0 Å². The molecule has 2 amide bonds. The number of carbonyl (C=O) groups is 2. The number of nitrogens with zero attached hydrogens (tertiary/aromatic N) is 1. The number of carbonyl (C=O) groups excluding carboxylic acids is 2. The van der Waals surface area contributed by atoms with Crippen LogP contribution in [0.2, 0.25) is 0 Å². The summed E-state index contributed by atoms with van der Waals surface area (Å²) in [5.41, 5.74) is 1.23. The van der Waals surface area contributed by atoms with Gasteiger partial charge in [0.2, 0.25) is 0 Å². The first-order valence-corrected chi connectivity index (χ1v) is 8.54. The molecule has 126 valence electrons. The molecule has 5 heteroatoms. The molecule has 0 aromatic heterocycles. The van der Waals surface area contributed by atoms with Crippen molar-refractivity contribution < 1.29 is 9.59 Å². The van der Waals surface area contributed by atoms with Crippen molar-refractivity contribution in [3.05, 3.63) is 35.4 Å². The number of amides is 2. The molecular formula is C18H27N3O2. The maximum atomic E-state index is 12.2. The van der Waals surface area contributed by atoms with Gasteiger partial charge in [0, 0.05) is 30.8 Å². The smallest absolute Gasteiger partial charge is 0.253 e. The topological polar surface area (TPSA) is 61.4 Å². The molecule has 0 aliphatic carbocycles. The van der Waals surface area contributed by atoms with E-state index in [1.54, 1.807) is 29.2 Å². The lowest BCUT2D eigenvalue weighted by Crippen LogP contribution is -2.30. The molecule has 1 aliphatic rings. The monoisotopic (exact) mass is 317 g/mol. The summed E-state index contributed by atoms with van der Waals surface area (Å²) >= 11 is 0. The van der Waals surface area contributed by atoms with Crippen molar-refractivity contribution in [3.8, 4) is 0 Å². The highest BCUT2D eigenvalue weighted by Crippen LogP contribution is 2.11. The van der Waals surface area contributed by atoms with E-state index in [0.29, 0.717) is 36.7 Å². The van der Waals surface area contributed by atoms with Crippen molar-refractivity contribution in [3.63, 3.8) is 0 Å². The summed E-state index contributed by atoms with van der Waals surface area (Å²) < 4.78 is 0. The van der Waals surface area contributed by atoms with Crippen LogP contribution in [0.3, 0.4) is 0 Å². The van der Waals surface area contributed by atoms with Gasteiger partial charge in [0.1, 0.15) is 0 Å². The Kier molecular flexibility index (Phi) is 6.59. The summed E-state index contributed by atoms with van der Waals surface area (Å²) in [5, 5.41) is 6.29. The predicted molar refractivity (Wildman–Crippen MR) is 91.6 cm³/mol. The fourth-order valence-electron chi connectivity index (χ4n) is 2.91. The summed E-state index contributed by atoms with van der Waals surface area (Å²) in [7, 11) is 0. The van der Waals surface area contributed by atoms with Crippen molar-refractivity contribution in [2.24, 2.45) is 5.92 Å². The molecule has 1 fully saturated rings. The number of benzene rings is 1. The van der Waals surface area contributed by atoms with Gasteiger partial charge in [-0.2, -0.15) is 0 Å². The molecule has 0 bridgehead atoms. The fourth-order valence-corrected chi connectivity index (χ4v) is 2.91.